The first-order chi connectivity index (χ1) is 9.13. The van der Waals surface area contributed by atoms with Crippen molar-refractivity contribution in [3.63, 3.8) is 0 Å². The van der Waals surface area contributed by atoms with Gasteiger partial charge in [-0.25, -0.2) is 0 Å². The SMILES string of the molecule is CC1CC(C(O)c2ccc3c(c2)NC(=O)CO3)CO1. The molecule has 3 atom stereocenters. The van der Waals surface area contributed by atoms with Crippen LogP contribution in [0, 0.1) is 5.92 Å². The van der Waals surface area contributed by atoms with Crippen LogP contribution >= 0.6 is 0 Å². The smallest absolute Gasteiger partial charge is 0.262 e. The molecule has 0 aliphatic carbocycles. The Labute approximate surface area is 111 Å². The summed E-state index contributed by atoms with van der Waals surface area (Å²) in [5.74, 6) is 0.580. The number of carbonyl (C=O) groups excluding carboxylic acids is 1. The van der Waals surface area contributed by atoms with Gasteiger partial charge in [0.15, 0.2) is 6.61 Å². The zero-order valence-corrected chi connectivity index (χ0v) is 10.8. The van der Waals surface area contributed by atoms with Crippen LogP contribution in [-0.2, 0) is 9.53 Å². The second kappa shape index (κ2) is 4.83. The van der Waals surface area contributed by atoms with Gasteiger partial charge in [-0.1, -0.05) is 6.07 Å². The Morgan fingerprint density at radius 2 is 2.32 bits per heavy atom. The lowest BCUT2D eigenvalue weighted by molar-refractivity contribution is -0.118. The summed E-state index contributed by atoms with van der Waals surface area (Å²) in [5.41, 5.74) is 1.41. The minimum absolute atomic E-state index is 0.0445. The summed E-state index contributed by atoms with van der Waals surface area (Å²) in [7, 11) is 0. The number of hydrogen-bond acceptors (Lipinski definition) is 4. The number of hydrogen-bond donors (Lipinski definition) is 2. The molecule has 1 amide bonds. The highest BCUT2D eigenvalue weighted by Crippen LogP contribution is 2.36. The van der Waals surface area contributed by atoms with Gasteiger partial charge in [0.05, 0.1) is 24.5 Å². The Bertz CT molecular complexity index is 502. The number of ether oxygens (including phenoxy) is 2. The van der Waals surface area contributed by atoms with E-state index in [-0.39, 0.29) is 24.5 Å². The lowest BCUT2D eigenvalue weighted by Crippen LogP contribution is -2.25. The zero-order valence-electron chi connectivity index (χ0n) is 10.8. The first-order valence-electron chi connectivity index (χ1n) is 6.50. The molecule has 1 aromatic rings. The van der Waals surface area contributed by atoms with Gasteiger partial charge in [0.2, 0.25) is 0 Å². The fraction of sp³-hybridized carbons (Fsp3) is 0.500. The Hall–Kier alpha value is -1.59. The van der Waals surface area contributed by atoms with Crippen LogP contribution < -0.4 is 10.1 Å². The minimum atomic E-state index is -0.575. The highest BCUT2D eigenvalue weighted by Gasteiger charge is 2.30. The predicted molar refractivity (Wildman–Crippen MR) is 69.0 cm³/mol. The van der Waals surface area contributed by atoms with E-state index in [1.807, 2.05) is 13.0 Å². The van der Waals surface area contributed by atoms with Gasteiger partial charge in [0.25, 0.3) is 5.91 Å². The Morgan fingerprint density at radius 3 is 3.05 bits per heavy atom. The van der Waals surface area contributed by atoms with Crippen LogP contribution in [0.4, 0.5) is 5.69 Å². The van der Waals surface area contributed by atoms with Crippen LogP contribution in [0.25, 0.3) is 0 Å². The Morgan fingerprint density at radius 1 is 1.47 bits per heavy atom. The van der Waals surface area contributed by atoms with Crippen LogP contribution in [0.5, 0.6) is 5.75 Å². The number of aliphatic hydroxyl groups excluding tert-OH is 1. The molecule has 3 rings (SSSR count). The summed E-state index contributed by atoms with van der Waals surface area (Å²) in [6, 6.07) is 5.40. The third-order valence-electron chi connectivity index (χ3n) is 3.65. The molecule has 3 unspecified atom stereocenters. The van der Waals surface area contributed by atoms with Gasteiger partial charge in [-0.15, -0.1) is 0 Å². The molecule has 5 nitrogen and oxygen atoms in total. The van der Waals surface area contributed by atoms with Gasteiger partial charge in [0.1, 0.15) is 5.75 Å². The first kappa shape index (κ1) is 12.4. The van der Waals surface area contributed by atoms with Crippen LogP contribution in [0.15, 0.2) is 18.2 Å². The summed E-state index contributed by atoms with van der Waals surface area (Å²) in [6.07, 6.45) is 0.468. The fourth-order valence-corrected chi connectivity index (χ4v) is 2.63. The van der Waals surface area contributed by atoms with E-state index >= 15 is 0 Å². The van der Waals surface area contributed by atoms with Crippen molar-refractivity contribution < 1.29 is 19.4 Å². The monoisotopic (exact) mass is 263 g/mol. The van der Waals surface area contributed by atoms with Crippen molar-refractivity contribution >= 4 is 11.6 Å². The number of aliphatic hydroxyl groups is 1. The molecule has 1 saturated heterocycles. The standard InChI is InChI=1S/C14H17NO4/c1-8-4-10(6-18-8)14(17)9-2-3-12-11(5-9)15-13(16)7-19-12/h2-3,5,8,10,14,17H,4,6-7H2,1H3,(H,15,16). The van der Waals surface area contributed by atoms with E-state index in [2.05, 4.69) is 5.32 Å². The first-order valence-corrected chi connectivity index (χ1v) is 6.50. The fourth-order valence-electron chi connectivity index (χ4n) is 2.63. The van der Waals surface area contributed by atoms with Crippen molar-refractivity contribution in [3.8, 4) is 5.75 Å². The third-order valence-corrected chi connectivity index (χ3v) is 3.65. The van der Waals surface area contributed by atoms with E-state index in [0.717, 1.165) is 12.0 Å². The molecule has 2 aliphatic rings. The highest BCUT2D eigenvalue weighted by atomic mass is 16.5. The molecule has 2 N–H and O–H groups in total. The van der Waals surface area contributed by atoms with Crippen molar-refractivity contribution in [3.05, 3.63) is 23.8 Å². The highest BCUT2D eigenvalue weighted by molar-refractivity contribution is 5.95. The van der Waals surface area contributed by atoms with Crippen LogP contribution in [0.3, 0.4) is 0 Å². The van der Waals surface area contributed by atoms with Crippen molar-refractivity contribution in [1.29, 1.82) is 0 Å². The molecule has 2 aliphatic heterocycles. The third kappa shape index (κ3) is 2.43. The predicted octanol–water partition coefficient (Wildman–Crippen LogP) is 1.48. The summed E-state index contributed by atoms with van der Waals surface area (Å²) in [5, 5.41) is 13.1. The Balaban J connectivity index is 1.81. The molecule has 0 radical (unpaired) electrons. The van der Waals surface area contributed by atoms with E-state index in [4.69, 9.17) is 9.47 Å². The summed E-state index contributed by atoms with van der Waals surface area (Å²) >= 11 is 0. The van der Waals surface area contributed by atoms with Crippen LogP contribution in [0.2, 0.25) is 0 Å². The quantitative estimate of drug-likeness (QED) is 0.848. The molecule has 0 saturated carbocycles. The maximum Gasteiger partial charge on any atom is 0.262 e. The molecule has 0 spiro atoms. The zero-order chi connectivity index (χ0) is 13.4. The second-order valence-corrected chi connectivity index (χ2v) is 5.18. The topological polar surface area (TPSA) is 67.8 Å². The van der Waals surface area contributed by atoms with E-state index in [0.29, 0.717) is 18.0 Å². The largest absolute Gasteiger partial charge is 0.482 e. The maximum absolute atomic E-state index is 11.3. The normalized spacial score (nSPS) is 27.4. The average Bonchev–Trinajstić information content (AvgIpc) is 2.83. The number of rotatable bonds is 2. The maximum atomic E-state index is 11.3. The number of amides is 1. The lowest BCUT2D eigenvalue weighted by Gasteiger charge is -2.22. The van der Waals surface area contributed by atoms with Crippen LogP contribution in [0.1, 0.15) is 25.0 Å². The number of benzene rings is 1. The lowest BCUT2D eigenvalue weighted by atomic mass is 9.93. The van der Waals surface area contributed by atoms with Gasteiger partial charge >= 0.3 is 0 Å². The number of anilines is 1. The molecule has 0 aromatic heterocycles. The molecular weight excluding hydrogens is 246 g/mol. The van der Waals surface area contributed by atoms with E-state index < -0.39 is 6.10 Å². The summed E-state index contributed by atoms with van der Waals surface area (Å²) in [4.78, 5) is 11.3. The molecule has 2 heterocycles. The average molecular weight is 263 g/mol. The Kier molecular flexibility index (Phi) is 3.16. The van der Waals surface area contributed by atoms with Gasteiger partial charge in [-0.3, -0.25) is 4.79 Å². The molecule has 1 fully saturated rings. The van der Waals surface area contributed by atoms with Crippen molar-refractivity contribution in [1.82, 2.24) is 0 Å². The van der Waals surface area contributed by atoms with Gasteiger partial charge in [-0.2, -0.15) is 0 Å². The number of fused-ring (bicyclic) bond motifs is 1. The summed E-state index contributed by atoms with van der Waals surface area (Å²) in [6.45, 7) is 2.62. The molecule has 102 valence electrons. The van der Waals surface area contributed by atoms with Gasteiger partial charge in [0, 0.05) is 5.92 Å². The van der Waals surface area contributed by atoms with Crippen molar-refractivity contribution in [2.75, 3.05) is 18.5 Å². The summed E-state index contributed by atoms with van der Waals surface area (Å²) < 4.78 is 10.8. The van der Waals surface area contributed by atoms with Crippen molar-refractivity contribution in [2.45, 2.75) is 25.6 Å². The van der Waals surface area contributed by atoms with E-state index in [1.165, 1.54) is 0 Å². The second-order valence-electron chi connectivity index (χ2n) is 5.18. The molecular formula is C14H17NO4. The van der Waals surface area contributed by atoms with E-state index in [9.17, 15) is 9.90 Å². The van der Waals surface area contributed by atoms with Crippen molar-refractivity contribution in [2.24, 2.45) is 5.92 Å². The molecule has 0 bridgehead atoms. The van der Waals surface area contributed by atoms with Gasteiger partial charge < -0.3 is 19.9 Å². The van der Waals surface area contributed by atoms with Gasteiger partial charge in [-0.05, 0) is 31.0 Å². The van der Waals surface area contributed by atoms with E-state index in [1.54, 1.807) is 12.1 Å². The van der Waals surface area contributed by atoms with Crippen LogP contribution in [-0.4, -0.2) is 30.3 Å². The number of nitrogens with one attached hydrogen (secondary N) is 1. The molecule has 1 aromatic carbocycles. The number of carbonyl (C=O) groups is 1. The molecule has 5 heteroatoms. The molecule has 19 heavy (non-hydrogen) atoms. The minimum Gasteiger partial charge on any atom is -0.482 e.